The first kappa shape index (κ1) is 24.1. The van der Waals surface area contributed by atoms with Gasteiger partial charge in [-0.1, -0.05) is 42.5 Å². The molecule has 0 unspecified atom stereocenters. The fourth-order valence-electron chi connectivity index (χ4n) is 3.95. The fraction of sp³-hybridized carbons (Fsp3) is 0.222. The van der Waals surface area contributed by atoms with Crippen LogP contribution in [0, 0.1) is 0 Å². The van der Waals surface area contributed by atoms with E-state index in [4.69, 9.17) is 10.5 Å². The van der Waals surface area contributed by atoms with Crippen molar-refractivity contribution in [2.45, 2.75) is 0 Å². The lowest BCUT2D eigenvalue weighted by atomic mass is 10.0. The molecule has 0 atom stereocenters. The first-order chi connectivity index (χ1) is 16.9. The molecule has 0 spiro atoms. The van der Waals surface area contributed by atoms with E-state index in [0.29, 0.717) is 32.0 Å². The van der Waals surface area contributed by atoms with E-state index in [9.17, 15) is 14.4 Å². The Morgan fingerprint density at radius 2 is 1.60 bits per heavy atom. The zero-order valence-corrected chi connectivity index (χ0v) is 19.6. The fourth-order valence-corrected chi connectivity index (χ4v) is 3.95. The number of rotatable bonds is 7. The quantitative estimate of drug-likeness (QED) is 0.550. The van der Waals surface area contributed by atoms with E-state index in [2.05, 4.69) is 5.32 Å². The van der Waals surface area contributed by atoms with Crippen LogP contribution in [-0.4, -0.2) is 62.5 Å². The molecule has 1 aliphatic rings. The second-order valence-corrected chi connectivity index (χ2v) is 8.34. The smallest absolute Gasteiger partial charge is 0.260 e. The third kappa shape index (κ3) is 5.92. The Labute approximate surface area is 204 Å². The molecule has 1 heterocycles. The largest absolute Gasteiger partial charge is 0.379 e. The topological polar surface area (TPSA) is 105 Å². The van der Waals surface area contributed by atoms with Crippen LogP contribution in [0.5, 0.6) is 0 Å². The number of nitrogens with two attached hydrogens (primary N) is 1. The molecule has 1 aliphatic heterocycles. The first-order valence-electron chi connectivity index (χ1n) is 11.4. The highest BCUT2D eigenvalue weighted by atomic mass is 16.5. The second kappa shape index (κ2) is 10.9. The molecule has 0 radical (unpaired) electrons. The summed E-state index contributed by atoms with van der Waals surface area (Å²) in [6, 6.07) is 22.1. The highest BCUT2D eigenvalue weighted by molar-refractivity contribution is 6.12. The number of carbonyl (C=O) groups is 3. The van der Waals surface area contributed by atoms with Crippen LogP contribution in [-0.2, 0) is 9.53 Å². The van der Waals surface area contributed by atoms with Gasteiger partial charge in [-0.3, -0.25) is 19.3 Å². The molecule has 180 valence electrons. The molecular formula is C27H28N4O4. The number of nitrogens with one attached hydrogen (secondary N) is 1. The summed E-state index contributed by atoms with van der Waals surface area (Å²) >= 11 is 0. The molecule has 3 aromatic carbocycles. The van der Waals surface area contributed by atoms with Crippen LogP contribution in [0.2, 0.25) is 0 Å². The van der Waals surface area contributed by atoms with E-state index in [1.165, 1.54) is 23.1 Å². The van der Waals surface area contributed by atoms with Crippen molar-refractivity contribution in [3.05, 3.63) is 83.9 Å². The van der Waals surface area contributed by atoms with Crippen molar-refractivity contribution >= 4 is 29.1 Å². The first-order valence-corrected chi connectivity index (χ1v) is 11.4. The van der Waals surface area contributed by atoms with E-state index < -0.39 is 5.91 Å². The maximum atomic E-state index is 13.4. The molecule has 0 saturated carbocycles. The van der Waals surface area contributed by atoms with Crippen LogP contribution in [0.1, 0.15) is 20.7 Å². The lowest BCUT2D eigenvalue weighted by Crippen LogP contribution is -2.41. The van der Waals surface area contributed by atoms with Crippen LogP contribution >= 0.6 is 0 Å². The van der Waals surface area contributed by atoms with Gasteiger partial charge in [-0.2, -0.15) is 0 Å². The monoisotopic (exact) mass is 472 g/mol. The summed E-state index contributed by atoms with van der Waals surface area (Å²) in [5, 5.41) is 2.79. The zero-order chi connectivity index (χ0) is 24.8. The number of anilines is 2. The minimum Gasteiger partial charge on any atom is -0.379 e. The molecular weight excluding hydrogens is 444 g/mol. The summed E-state index contributed by atoms with van der Waals surface area (Å²) < 4.78 is 5.32. The average Bonchev–Trinajstić information content (AvgIpc) is 2.89. The highest BCUT2D eigenvalue weighted by Gasteiger charge is 2.21. The minimum absolute atomic E-state index is 0.161. The van der Waals surface area contributed by atoms with Gasteiger partial charge in [0.05, 0.1) is 31.0 Å². The molecule has 8 nitrogen and oxygen atoms in total. The SMILES string of the molecule is CN(C(=O)c1ccc(C(N)=O)cc1NC(=O)CN1CCOCC1)c1ccc(-c2ccccc2)cc1. The van der Waals surface area contributed by atoms with E-state index in [0.717, 1.165) is 11.1 Å². The Bertz CT molecular complexity index is 1210. The van der Waals surface area contributed by atoms with Gasteiger partial charge in [-0.05, 0) is 41.5 Å². The number of hydrogen-bond acceptors (Lipinski definition) is 5. The van der Waals surface area contributed by atoms with Gasteiger partial charge in [-0.25, -0.2) is 0 Å². The highest BCUT2D eigenvalue weighted by Crippen LogP contribution is 2.26. The maximum absolute atomic E-state index is 13.4. The Balaban J connectivity index is 1.54. The lowest BCUT2D eigenvalue weighted by molar-refractivity contribution is -0.118. The molecule has 3 N–H and O–H groups in total. The summed E-state index contributed by atoms with van der Waals surface area (Å²) in [4.78, 5) is 41.3. The van der Waals surface area contributed by atoms with Gasteiger partial charge in [0.2, 0.25) is 11.8 Å². The summed E-state index contributed by atoms with van der Waals surface area (Å²) in [5.41, 5.74) is 8.97. The number of carbonyl (C=O) groups excluding carboxylic acids is 3. The van der Waals surface area contributed by atoms with E-state index in [-0.39, 0.29) is 35.2 Å². The van der Waals surface area contributed by atoms with Gasteiger partial charge >= 0.3 is 0 Å². The third-order valence-electron chi connectivity index (χ3n) is 5.95. The van der Waals surface area contributed by atoms with Crippen molar-refractivity contribution in [3.63, 3.8) is 0 Å². The molecule has 1 saturated heterocycles. The molecule has 8 heteroatoms. The van der Waals surface area contributed by atoms with Crippen LogP contribution < -0.4 is 16.0 Å². The van der Waals surface area contributed by atoms with Crippen molar-refractivity contribution in [2.75, 3.05) is 50.1 Å². The van der Waals surface area contributed by atoms with Gasteiger partial charge in [0, 0.05) is 31.4 Å². The molecule has 35 heavy (non-hydrogen) atoms. The normalized spacial score (nSPS) is 13.7. The zero-order valence-electron chi connectivity index (χ0n) is 19.6. The summed E-state index contributed by atoms with van der Waals surface area (Å²) in [6.07, 6.45) is 0. The maximum Gasteiger partial charge on any atom is 0.260 e. The Morgan fingerprint density at radius 1 is 0.943 bits per heavy atom. The van der Waals surface area contributed by atoms with Gasteiger partial charge < -0.3 is 20.7 Å². The van der Waals surface area contributed by atoms with Gasteiger partial charge in [0.15, 0.2) is 0 Å². The van der Waals surface area contributed by atoms with Crippen LogP contribution in [0.15, 0.2) is 72.8 Å². The number of ether oxygens (including phenoxy) is 1. The Morgan fingerprint density at radius 3 is 2.26 bits per heavy atom. The molecule has 0 aliphatic carbocycles. The third-order valence-corrected chi connectivity index (χ3v) is 5.95. The number of hydrogen-bond donors (Lipinski definition) is 2. The van der Waals surface area contributed by atoms with Crippen molar-refractivity contribution < 1.29 is 19.1 Å². The number of nitrogens with zero attached hydrogens (tertiary/aromatic N) is 2. The standard InChI is InChI=1S/C27H28N4O4/c1-30(22-10-7-20(8-11-22)19-5-3-2-4-6-19)27(34)23-12-9-21(26(28)33)17-24(23)29-25(32)18-31-13-15-35-16-14-31/h2-12,17H,13-16,18H2,1H3,(H2,28,33)(H,29,32). The second-order valence-electron chi connectivity index (χ2n) is 8.34. The summed E-state index contributed by atoms with van der Waals surface area (Å²) in [5.74, 6) is -1.25. The van der Waals surface area contributed by atoms with E-state index in [1.807, 2.05) is 59.5 Å². The van der Waals surface area contributed by atoms with Crippen molar-refractivity contribution in [1.82, 2.24) is 4.90 Å². The number of morpholine rings is 1. The average molecular weight is 473 g/mol. The van der Waals surface area contributed by atoms with E-state index in [1.54, 1.807) is 7.05 Å². The minimum atomic E-state index is -0.641. The van der Waals surface area contributed by atoms with Crippen molar-refractivity contribution in [3.8, 4) is 11.1 Å². The van der Waals surface area contributed by atoms with Gasteiger partial charge in [0.25, 0.3) is 5.91 Å². The Kier molecular flexibility index (Phi) is 7.54. The molecule has 0 aromatic heterocycles. The Hall–Kier alpha value is -4.01. The number of primary amides is 1. The summed E-state index contributed by atoms with van der Waals surface area (Å²) in [6.45, 7) is 2.61. The lowest BCUT2D eigenvalue weighted by Gasteiger charge is -2.26. The van der Waals surface area contributed by atoms with Gasteiger partial charge in [0.1, 0.15) is 0 Å². The van der Waals surface area contributed by atoms with Crippen LogP contribution in [0.25, 0.3) is 11.1 Å². The predicted molar refractivity (Wildman–Crippen MR) is 135 cm³/mol. The molecule has 3 aromatic rings. The van der Waals surface area contributed by atoms with Crippen molar-refractivity contribution in [2.24, 2.45) is 5.73 Å². The van der Waals surface area contributed by atoms with Crippen molar-refractivity contribution in [1.29, 1.82) is 0 Å². The van der Waals surface area contributed by atoms with E-state index >= 15 is 0 Å². The number of amides is 3. The van der Waals surface area contributed by atoms with Gasteiger partial charge in [-0.15, -0.1) is 0 Å². The number of benzene rings is 3. The summed E-state index contributed by atoms with van der Waals surface area (Å²) in [7, 11) is 1.67. The molecule has 3 amide bonds. The molecule has 0 bridgehead atoms. The van der Waals surface area contributed by atoms with Crippen LogP contribution in [0.3, 0.4) is 0 Å². The predicted octanol–water partition coefficient (Wildman–Crippen LogP) is 3.00. The molecule has 1 fully saturated rings. The molecule has 4 rings (SSSR count). The van der Waals surface area contributed by atoms with Crippen LogP contribution in [0.4, 0.5) is 11.4 Å².